The molecule has 0 spiro atoms. The van der Waals surface area contributed by atoms with Gasteiger partial charge in [-0.3, -0.25) is 9.71 Å². The summed E-state index contributed by atoms with van der Waals surface area (Å²) in [7, 11) is -3.73. The molecule has 0 saturated carbocycles. The van der Waals surface area contributed by atoms with Crippen molar-refractivity contribution in [3.05, 3.63) is 41.8 Å². The molecule has 21 heavy (non-hydrogen) atoms. The Morgan fingerprint density at radius 2 is 2.00 bits per heavy atom. The molecule has 0 aliphatic rings. The molecule has 0 saturated heterocycles. The molecule has 0 atom stereocenters. The molecule has 0 radical (unpaired) electrons. The Labute approximate surface area is 128 Å². The van der Waals surface area contributed by atoms with Crippen LogP contribution in [0, 0.1) is 0 Å². The zero-order valence-electron chi connectivity index (χ0n) is 11.4. The van der Waals surface area contributed by atoms with Crippen LogP contribution in [0.4, 0.5) is 11.5 Å². The number of hydrogen-bond acceptors (Lipinski definition) is 5. The molecule has 2 N–H and O–H groups in total. The highest BCUT2D eigenvalue weighted by atomic mass is 35.5. The summed E-state index contributed by atoms with van der Waals surface area (Å²) in [5.74, 6) is 0.473. The fourth-order valence-electron chi connectivity index (χ4n) is 1.57. The van der Waals surface area contributed by atoms with Gasteiger partial charge < -0.3 is 5.32 Å². The number of aromatic nitrogens is 2. The van der Waals surface area contributed by atoms with E-state index in [2.05, 4.69) is 20.0 Å². The predicted molar refractivity (Wildman–Crippen MR) is 83.1 cm³/mol. The number of rotatable bonds is 6. The number of halogens is 1. The summed E-state index contributed by atoms with van der Waals surface area (Å²) in [4.78, 5) is 7.88. The smallest absolute Gasteiger partial charge is 0.263 e. The topological polar surface area (TPSA) is 84.0 Å². The Kier molecular flexibility index (Phi) is 4.98. The van der Waals surface area contributed by atoms with Gasteiger partial charge >= 0.3 is 0 Å². The van der Waals surface area contributed by atoms with Gasteiger partial charge in [-0.05, 0) is 24.6 Å². The van der Waals surface area contributed by atoms with Crippen molar-refractivity contribution in [2.45, 2.75) is 18.2 Å². The van der Waals surface area contributed by atoms with Crippen LogP contribution in [0.25, 0.3) is 0 Å². The Morgan fingerprint density at radius 1 is 1.29 bits per heavy atom. The van der Waals surface area contributed by atoms with Gasteiger partial charge in [-0.1, -0.05) is 18.5 Å². The van der Waals surface area contributed by atoms with Crippen LogP contribution in [0.2, 0.25) is 5.02 Å². The lowest BCUT2D eigenvalue weighted by Crippen LogP contribution is -2.14. The number of nitrogens with one attached hydrogen (secondary N) is 2. The SMILES string of the molecule is CCCNc1ncc(S(=O)(=O)Nc2ccncc2)cc1Cl. The molecule has 0 fully saturated rings. The number of hydrogen-bond donors (Lipinski definition) is 2. The molecule has 0 unspecified atom stereocenters. The Morgan fingerprint density at radius 3 is 2.62 bits per heavy atom. The van der Waals surface area contributed by atoms with Gasteiger partial charge in [0.25, 0.3) is 10.0 Å². The van der Waals surface area contributed by atoms with Crippen LogP contribution < -0.4 is 10.0 Å². The fourth-order valence-corrected chi connectivity index (χ4v) is 2.90. The van der Waals surface area contributed by atoms with E-state index in [1.807, 2.05) is 6.92 Å². The van der Waals surface area contributed by atoms with E-state index in [4.69, 9.17) is 11.6 Å². The zero-order chi connectivity index (χ0) is 15.3. The van der Waals surface area contributed by atoms with Crippen LogP contribution in [-0.4, -0.2) is 24.9 Å². The van der Waals surface area contributed by atoms with E-state index in [1.54, 1.807) is 12.1 Å². The van der Waals surface area contributed by atoms with Gasteiger partial charge in [-0.2, -0.15) is 0 Å². The minimum absolute atomic E-state index is 0.00589. The van der Waals surface area contributed by atoms with Crippen molar-refractivity contribution in [2.75, 3.05) is 16.6 Å². The number of sulfonamides is 1. The number of anilines is 2. The van der Waals surface area contributed by atoms with Gasteiger partial charge in [0.1, 0.15) is 10.7 Å². The standard InChI is InChI=1S/C13H15ClN4O2S/c1-2-5-16-13-12(14)8-11(9-17-13)21(19,20)18-10-3-6-15-7-4-10/h3-4,6-9H,2,5H2,1H3,(H,15,18)(H,16,17). The second kappa shape index (κ2) is 6.73. The lowest BCUT2D eigenvalue weighted by Gasteiger charge is -2.10. The Hall–Kier alpha value is -1.86. The molecule has 0 aliphatic heterocycles. The average Bonchev–Trinajstić information content (AvgIpc) is 2.46. The maximum Gasteiger partial charge on any atom is 0.263 e. The van der Waals surface area contributed by atoms with Crippen LogP contribution in [0.1, 0.15) is 13.3 Å². The Balaban J connectivity index is 2.22. The third-order valence-electron chi connectivity index (χ3n) is 2.60. The molecular weight excluding hydrogens is 312 g/mol. The highest BCUT2D eigenvalue weighted by molar-refractivity contribution is 7.92. The van der Waals surface area contributed by atoms with Gasteiger partial charge in [-0.25, -0.2) is 13.4 Å². The summed E-state index contributed by atoms with van der Waals surface area (Å²) in [5, 5.41) is 3.29. The van der Waals surface area contributed by atoms with Crippen molar-refractivity contribution in [1.29, 1.82) is 0 Å². The second-order valence-electron chi connectivity index (χ2n) is 4.27. The highest BCUT2D eigenvalue weighted by Gasteiger charge is 2.16. The van der Waals surface area contributed by atoms with Crippen molar-refractivity contribution in [1.82, 2.24) is 9.97 Å². The van der Waals surface area contributed by atoms with Crippen molar-refractivity contribution in [2.24, 2.45) is 0 Å². The van der Waals surface area contributed by atoms with E-state index in [0.29, 0.717) is 18.1 Å². The third-order valence-corrected chi connectivity index (χ3v) is 4.24. The predicted octanol–water partition coefficient (Wildman–Crippen LogP) is 2.75. The molecular formula is C13H15ClN4O2S. The van der Waals surface area contributed by atoms with Crippen molar-refractivity contribution in [3.8, 4) is 0 Å². The molecule has 8 heteroatoms. The van der Waals surface area contributed by atoms with E-state index in [1.165, 1.54) is 24.7 Å². The molecule has 2 aromatic heterocycles. The van der Waals surface area contributed by atoms with E-state index in [9.17, 15) is 8.42 Å². The molecule has 2 rings (SSSR count). The molecule has 2 heterocycles. The normalized spacial score (nSPS) is 11.1. The van der Waals surface area contributed by atoms with Crippen LogP contribution in [0.5, 0.6) is 0 Å². The summed E-state index contributed by atoms with van der Waals surface area (Å²) in [6.45, 7) is 2.73. The highest BCUT2D eigenvalue weighted by Crippen LogP contribution is 2.23. The van der Waals surface area contributed by atoms with Gasteiger partial charge in [0.05, 0.1) is 10.7 Å². The third kappa shape index (κ3) is 4.05. The van der Waals surface area contributed by atoms with Gasteiger partial charge in [0.2, 0.25) is 0 Å². The van der Waals surface area contributed by atoms with Crippen LogP contribution in [0.3, 0.4) is 0 Å². The lowest BCUT2D eigenvalue weighted by atomic mass is 10.4. The maximum absolute atomic E-state index is 12.2. The number of pyridine rings is 2. The second-order valence-corrected chi connectivity index (χ2v) is 6.36. The molecule has 0 bridgehead atoms. The maximum atomic E-state index is 12.2. The van der Waals surface area contributed by atoms with Crippen LogP contribution in [0.15, 0.2) is 41.7 Å². The van der Waals surface area contributed by atoms with Gasteiger partial charge in [0, 0.05) is 25.1 Å². The van der Waals surface area contributed by atoms with Crippen LogP contribution in [-0.2, 0) is 10.0 Å². The Bertz CT molecular complexity index is 707. The largest absolute Gasteiger partial charge is 0.369 e. The van der Waals surface area contributed by atoms with E-state index >= 15 is 0 Å². The number of nitrogens with zero attached hydrogens (tertiary/aromatic N) is 2. The van der Waals surface area contributed by atoms with Crippen LogP contribution >= 0.6 is 11.6 Å². The minimum Gasteiger partial charge on any atom is -0.369 e. The average molecular weight is 327 g/mol. The summed E-state index contributed by atoms with van der Waals surface area (Å²) in [6, 6.07) is 4.49. The first-order valence-electron chi connectivity index (χ1n) is 6.35. The monoisotopic (exact) mass is 326 g/mol. The summed E-state index contributed by atoms with van der Waals surface area (Å²) >= 11 is 6.05. The van der Waals surface area contributed by atoms with Gasteiger partial charge in [0.15, 0.2) is 0 Å². The van der Waals surface area contributed by atoms with E-state index < -0.39 is 10.0 Å². The van der Waals surface area contributed by atoms with Crippen molar-refractivity contribution >= 4 is 33.1 Å². The lowest BCUT2D eigenvalue weighted by molar-refractivity contribution is 0.601. The molecule has 2 aromatic rings. The molecule has 6 nitrogen and oxygen atoms in total. The quantitative estimate of drug-likeness (QED) is 0.852. The fraction of sp³-hybridized carbons (Fsp3) is 0.231. The zero-order valence-corrected chi connectivity index (χ0v) is 12.9. The van der Waals surface area contributed by atoms with E-state index in [-0.39, 0.29) is 9.92 Å². The van der Waals surface area contributed by atoms with Crippen molar-refractivity contribution in [3.63, 3.8) is 0 Å². The minimum atomic E-state index is -3.73. The summed E-state index contributed by atoms with van der Waals surface area (Å²) in [6.07, 6.45) is 5.19. The first-order valence-corrected chi connectivity index (χ1v) is 8.21. The van der Waals surface area contributed by atoms with E-state index in [0.717, 1.165) is 6.42 Å². The summed E-state index contributed by atoms with van der Waals surface area (Å²) < 4.78 is 26.9. The molecule has 112 valence electrons. The molecule has 0 aromatic carbocycles. The molecule has 0 amide bonds. The first-order chi connectivity index (χ1) is 10.0. The van der Waals surface area contributed by atoms with Gasteiger partial charge in [-0.15, -0.1) is 0 Å². The first kappa shape index (κ1) is 15.5. The van der Waals surface area contributed by atoms with Crippen molar-refractivity contribution < 1.29 is 8.42 Å². The molecule has 0 aliphatic carbocycles. The summed E-state index contributed by atoms with van der Waals surface area (Å²) in [5.41, 5.74) is 0.425.